The molecule has 0 unspecified atom stereocenters. The minimum absolute atomic E-state index is 0.217. The summed E-state index contributed by atoms with van der Waals surface area (Å²) in [4.78, 5) is 12.1. The van der Waals surface area contributed by atoms with Gasteiger partial charge in [-0.1, -0.05) is 72.8 Å². The summed E-state index contributed by atoms with van der Waals surface area (Å²) in [7, 11) is 0. The van der Waals surface area contributed by atoms with Crippen molar-refractivity contribution in [2.75, 3.05) is 0 Å². The van der Waals surface area contributed by atoms with Gasteiger partial charge in [0.05, 0.1) is 18.1 Å². The van der Waals surface area contributed by atoms with E-state index in [1.165, 1.54) is 0 Å². The van der Waals surface area contributed by atoms with Gasteiger partial charge in [0, 0.05) is 0 Å². The van der Waals surface area contributed by atoms with Gasteiger partial charge in [0.2, 0.25) is 0 Å². The summed E-state index contributed by atoms with van der Waals surface area (Å²) in [6.07, 6.45) is 2.00. The lowest BCUT2D eigenvalue weighted by Gasteiger charge is -2.06. The maximum atomic E-state index is 12.1. The van der Waals surface area contributed by atoms with Gasteiger partial charge in [-0.25, -0.2) is 0 Å². The molecule has 0 N–H and O–H groups in total. The first-order valence-electron chi connectivity index (χ1n) is 8.26. The number of ether oxygens (including phenoxy) is 1. The van der Waals surface area contributed by atoms with Crippen LogP contribution in [0.25, 0.3) is 11.6 Å². The van der Waals surface area contributed by atoms with Crippen LogP contribution in [0.3, 0.4) is 0 Å². The lowest BCUT2D eigenvalue weighted by Crippen LogP contribution is -2.11. The number of hydrogen-bond donors (Lipinski definition) is 0. The van der Waals surface area contributed by atoms with Crippen LogP contribution in [0.1, 0.15) is 16.7 Å². The Kier molecular flexibility index (Phi) is 5.59. The Hall–Kier alpha value is -3.64. The van der Waals surface area contributed by atoms with Crippen molar-refractivity contribution in [2.45, 2.75) is 6.42 Å². The summed E-state index contributed by atoms with van der Waals surface area (Å²) in [5.74, 6) is 0.144. The van der Waals surface area contributed by atoms with Gasteiger partial charge in [0.25, 0.3) is 0 Å². The Labute approximate surface area is 152 Å². The molecular weight excluding hydrogens is 322 g/mol. The molecule has 26 heavy (non-hydrogen) atoms. The van der Waals surface area contributed by atoms with Crippen molar-refractivity contribution >= 4 is 17.6 Å². The van der Waals surface area contributed by atoms with E-state index in [-0.39, 0.29) is 12.4 Å². The maximum absolute atomic E-state index is 12.1. The van der Waals surface area contributed by atoms with E-state index in [4.69, 9.17) is 4.74 Å². The molecule has 0 radical (unpaired) electrons. The number of carbonyl (C=O) groups is 1. The summed E-state index contributed by atoms with van der Waals surface area (Å²) in [6, 6.07) is 28.3. The van der Waals surface area contributed by atoms with Crippen LogP contribution in [0.4, 0.5) is 0 Å². The highest BCUT2D eigenvalue weighted by Crippen LogP contribution is 2.21. The zero-order valence-electron chi connectivity index (χ0n) is 14.1. The molecule has 0 saturated carbocycles. The molecule has 0 amide bonds. The quantitative estimate of drug-likeness (QED) is 0.287. The van der Waals surface area contributed by atoms with Crippen molar-refractivity contribution in [3.05, 3.63) is 102 Å². The summed E-state index contributed by atoms with van der Waals surface area (Å²) in [5.41, 5.74) is 3.11. The molecule has 3 rings (SSSR count). The van der Waals surface area contributed by atoms with Crippen LogP contribution >= 0.6 is 0 Å². The first kappa shape index (κ1) is 17.2. The number of rotatable bonds is 5. The Morgan fingerprint density at radius 3 is 2.31 bits per heavy atom. The predicted octanol–water partition coefficient (Wildman–Crippen LogP) is 4.90. The number of benzene rings is 3. The van der Waals surface area contributed by atoms with E-state index >= 15 is 0 Å². The molecule has 0 bridgehead atoms. The van der Waals surface area contributed by atoms with E-state index in [0.717, 1.165) is 16.7 Å². The molecule has 0 aliphatic carbocycles. The number of esters is 1. The SMILES string of the molecule is N#C/C(=C/c1cccc(OC(=O)Cc2ccccc2)c1)c1ccccc1. The average Bonchev–Trinajstić information content (AvgIpc) is 2.68. The van der Waals surface area contributed by atoms with Crippen molar-refractivity contribution in [1.29, 1.82) is 5.26 Å². The third-order valence-corrected chi connectivity index (χ3v) is 3.80. The summed E-state index contributed by atoms with van der Waals surface area (Å²) in [5, 5.41) is 9.42. The second-order valence-electron chi connectivity index (χ2n) is 5.74. The van der Waals surface area contributed by atoms with Crippen LogP contribution in [-0.4, -0.2) is 5.97 Å². The van der Waals surface area contributed by atoms with Crippen LogP contribution < -0.4 is 4.74 Å². The van der Waals surface area contributed by atoms with E-state index in [0.29, 0.717) is 11.3 Å². The topological polar surface area (TPSA) is 50.1 Å². The number of nitrogens with zero attached hydrogens (tertiary/aromatic N) is 1. The molecule has 3 aromatic carbocycles. The summed E-state index contributed by atoms with van der Waals surface area (Å²) >= 11 is 0. The summed E-state index contributed by atoms with van der Waals surface area (Å²) < 4.78 is 5.43. The van der Waals surface area contributed by atoms with Gasteiger partial charge >= 0.3 is 5.97 Å². The molecule has 126 valence electrons. The fraction of sp³-hybridized carbons (Fsp3) is 0.0435. The minimum atomic E-state index is -0.319. The van der Waals surface area contributed by atoms with Gasteiger partial charge in [-0.2, -0.15) is 5.26 Å². The highest BCUT2D eigenvalue weighted by Gasteiger charge is 2.07. The van der Waals surface area contributed by atoms with Gasteiger partial charge in [-0.3, -0.25) is 4.79 Å². The van der Waals surface area contributed by atoms with E-state index in [1.807, 2.05) is 66.7 Å². The van der Waals surface area contributed by atoms with Crippen LogP contribution in [0.2, 0.25) is 0 Å². The van der Waals surface area contributed by atoms with Crippen LogP contribution in [-0.2, 0) is 11.2 Å². The van der Waals surface area contributed by atoms with Gasteiger partial charge in [0.1, 0.15) is 5.75 Å². The standard InChI is InChI=1S/C23H17NO2/c24-17-21(20-11-5-2-6-12-20)14-19-10-7-13-22(15-19)26-23(25)16-18-8-3-1-4-9-18/h1-15H,16H2/b21-14-. The lowest BCUT2D eigenvalue weighted by molar-refractivity contribution is -0.133. The smallest absolute Gasteiger partial charge is 0.315 e. The van der Waals surface area contributed by atoms with Crippen molar-refractivity contribution in [3.63, 3.8) is 0 Å². The first-order chi connectivity index (χ1) is 12.7. The van der Waals surface area contributed by atoms with Crippen molar-refractivity contribution in [1.82, 2.24) is 0 Å². The number of hydrogen-bond acceptors (Lipinski definition) is 3. The van der Waals surface area contributed by atoms with E-state index in [2.05, 4.69) is 6.07 Å². The lowest BCUT2D eigenvalue weighted by atomic mass is 10.0. The van der Waals surface area contributed by atoms with E-state index in [1.54, 1.807) is 24.3 Å². The molecule has 0 fully saturated rings. The van der Waals surface area contributed by atoms with Crippen LogP contribution in [0.15, 0.2) is 84.9 Å². The molecule has 0 aliphatic rings. The Balaban J connectivity index is 1.75. The van der Waals surface area contributed by atoms with E-state index in [9.17, 15) is 10.1 Å². The van der Waals surface area contributed by atoms with Crippen LogP contribution in [0.5, 0.6) is 5.75 Å². The third kappa shape index (κ3) is 4.68. The molecule has 0 spiro atoms. The molecule has 3 heteroatoms. The molecule has 0 aromatic heterocycles. The molecule has 0 atom stereocenters. The maximum Gasteiger partial charge on any atom is 0.315 e. The minimum Gasteiger partial charge on any atom is -0.426 e. The highest BCUT2D eigenvalue weighted by atomic mass is 16.5. The second-order valence-corrected chi connectivity index (χ2v) is 5.74. The van der Waals surface area contributed by atoms with Gasteiger partial charge in [-0.05, 0) is 34.9 Å². The highest BCUT2D eigenvalue weighted by molar-refractivity contribution is 5.89. The molecule has 3 nitrogen and oxygen atoms in total. The van der Waals surface area contributed by atoms with Crippen molar-refractivity contribution in [3.8, 4) is 11.8 Å². The average molecular weight is 339 g/mol. The van der Waals surface area contributed by atoms with Gasteiger partial charge < -0.3 is 4.74 Å². The Bertz CT molecular complexity index is 954. The zero-order valence-corrected chi connectivity index (χ0v) is 14.1. The van der Waals surface area contributed by atoms with Crippen LogP contribution in [0, 0.1) is 11.3 Å². The molecule has 0 heterocycles. The Morgan fingerprint density at radius 2 is 1.62 bits per heavy atom. The molecule has 0 saturated heterocycles. The Morgan fingerprint density at radius 1 is 0.923 bits per heavy atom. The fourth-order valence-electron chi connectivity index (χ4n) is 2.56. The second kappa shape index (κ2) is 8.46. The normalized spacial score (nSPS) is 10.8. The molecular formula is C23H17NO2. The van der Waals surface area contributed by atoms with E-state index < -0.39 is 0 Å². The van der Waals surface area contributed by atoms with Crippen molar-refractivity contribution in [2.24, 2.45) is 0 Å². The largest absolute Gasteiger partial charge is 0.426 e. The van der Waals surface area contributed by atoms with Gasteiger partial charge in [-0.15, -0.1) is 0 Å². The molecule has 0 aliphatic heterocycles. The molecule has 3 aromatic rings. The van der Waals surface area contributed by atoms with Gasteiger partial charge in [0.15, 0.2) is 0 Å². The number of nitriles is 1. The zero-order chi connectivity index (χ0) is 18.2. The fourth-order valence-corrected chi connectivity index (χ4v) is 2.56. The predicted molar refractivity (Wildman–Crippen MR) is 102 cm³/mol. The monoisotopic (exact) mass is 339 g/mol. The number of allylic oxidation sites excluding steroid dienone is 1. The number of carbonyl (C=O) groups excluding carboxylic acids is 1. The van der Waals surface area contributed by atoms with Crippen molar-refractivity contribution < 1.29 is 9.53 Å². The third-order valence-electron chi connectivity index (χ3n) is 3.80. The summed E-state index contributed by atoms with van der Waals surface area (Å²) in [6.45, 7) is 0. The first-order valence-corrected chi connectivity index (χ1v) is 8.26.